The molecular weight excluding hydrogens is 122 g/mol. The summed E-state index contributed by atoms with van der Waals surface area (Å²) in [6, 6.07) is 1.01. The normalized spacial score (nSPS) is 35.1. The molecule has 2 rings (SSSR count). The first-order valence-electron chi connectivity index (χ1n) is 4.64. The first kappa shape index (κ1) is 6.66. The van der Waals surface area contributed by atoms with Gasteiger partial charge in [-0.15, -0.1) is 0 Å². The van der Waals surface area contributed by atoms with Crippen LogP contribution in [-0.2, 0) is 0 Å². The number of hydrogen-bond acceptors (Lipinski definition) is 1. The molecule has 1 unspecified atom stereocenters. The summed E-state index contributed by atoms with van der Waals surface area (Å²) in [5.41, 5.74) is 0. The zero-order valence-electron chi connectivity index (χ0n) is 6.84. The lowest BCUT2D eigenvalue weighted by molar-refractivity contribution is 0.313. The molecule has 10 heavy (non-hydrogen) atoms. The van der Waals surface area contributed by atoms with Gasteiger partial charge in [0.25, 0.3) is 0 Å². The average Bonchev–Trinajstić information content (AvgIpc) is 2.70. The molecule has 1 aliphatic carbocycles. The summed E-state index contributed by atoms with van der Waals surface area (Å²) in [5, 5.41) is 0. The SMILES string of the molecule is CCC1CCN(C2CC2)C1. The van der Waals surface area contributed by atoms with E-state index in [9.17, 15) is 0 Å². The molecule has 1 heteroatoms. The fourth-order valence-corrected chi connectivity index (χ4v) is 1.97. The highest BCUT2D eigenvalue weighted by Crippen LogP contribution is 2.32. The van der Waals surface area contributed by atoms with E-state index in [1.165, 1.54) is 38.8 Å². The van der Waals surface area contributed by atoms with Crippen LogP contribution in [0.5, 0.6) is 0 Å². The van der Waals surface area contributed by atoms with Crippen LogP contribution in [0.15, 0.2) is 0 Å². The minimum Gasteiger partial charge on any atom is -0.300 e. The number of nitrogens with zero attached hydrogens (tertiary/aromatic N) is 1. The Morgan fingerprint density at radius 1 is 1.30 bits per heavy atom. The molecule has 1 atom stereocenters. The van der Waals surface area contributed by atoms with Gasteiger partial charge in [-0.25, -0.2) is 0 Å². The monoisotopic (exact) mass is 139 g/mol. The van der Waals surface area contributed by atoms with Crippen molar-refractivity contribution in [2.24, 2.45) is 5.92 Å². The smallest absolute Gasteiger partial charge is 0.00965 e. The van der Waals surface area contributed by atoms with Gasteiger partial charge < -0.3 is 4.90 Å². The highest BCUT2D eigenvalue weighted by Gasteiger charge is 2.33. The molecule has 0 aromatic rings. The van der Waals surface area contributed by atoms with E-state index in [0.29, 0.717) is 0 Å². The molecule has 1 saturated heterocycles. The number of likely N-dealkylation sites (tertiary alicyclic amines) is 1. The summed E-state index contributed by atoms with van der Waals surface area (Å²) in [5.74, 6) is 1.03. The lowest BCUT2D eigenvalue weighted by Crippen LogP contribution is -2.22. The Morgan fingerprint density at radius 2 is 2.10 bits per heavy atom. The zero-order chi connectivity index (χ0) is 6.97. The lowest BCUT2D eigenvalue weighted by atomic mass is 10.1. The van der Waals surface area contributed by atoms with Crippen LogP contribution in [0, 0.1) is 5.92 Å². The Morgan fingerprint density at radius 3 is 2.60 bits per heavy atom. The van der Waals surface area contributed by atoms with Crippen LogP contribution >= 0.6 is 0 Å². The highest BCUT2D eigenvalue weighted by molar-refractivity contribution is 4.88. The minimum absolute atomic E-state index is 1.01. The van der Waals surface area contributed by atoms with E-state index >= 15 is 0 Å². The van der Waals surface area contributed by atoms with Crippen molar-refractivity contribution in [2.45, 2.75) is 38.6 Å². The quantitative estimate of drug-likeness (QED) is 0.564. The average molecular weight is 139 g/mol. The Hall–Kier alpha value is -0.0400. The van der Waals surface area contributed by atoms with Crippen molar-refractivity contribution < 1.29 is 0 Å². The summed E-state index contributed by atoms with van der Waals surface area (Å²) >= 11 is 0. The Labute approximate surface area is 63.4 Å². The van der Waals surface area contributed by atoms with Crippen molar-refractivity contribution in [3.63, 3.8) is 0 Å². The summed E-state index contributed by atoms with van der Waals surface area (Å²) in [6.07, 6.45) is 5.82. The third-order valence-electron chi connectivity index (χ3n) is 2.96. The van der Waals surface area contributed by atoms with Crippen LogP contribution in [0.25, 0.3) is 0 Å². The molecule has 0 N–H and O–H groups in total. The van der Waals surface area contributed by atoms with Gasteiger partial charge >= 0.3 is 0 Å². The molecule has 58 valence electrons. The highest BCUT2D eigenvalue weighted by atomic mass is 15.2. The third-order valence-corrected chi connectivity index (χ3v) is 2.96. The van der Waals surface area contributed by atoms with Gasteiger partial charge in [0.1, 0.15) is 0 Å². The first-order valence-corrected chi connectivity index (χ1v) is 4.64. The van der Waals surface area contributed by atoms with Crippen LogP contribution in [0.1, 0.15) is 32.6 Å². The molecule has 0 spiro atoms. The van der Waals surface area contributed by atoms with Gasteiger partial charge in [0.05, 0.1) is 0 Å². The summed E-state index contributed by atoms with van der Waals surface area (Å²) in [7, 11) is 0. The maximum Gasteiger partial charge on any atom is 0.00965 e. The van der Waals surface area contributed by atoms with Crippen molar-refractivity contribution in [3.05, 3.63) is 0 Å². The molecule has 1 nitrogen and oxygen atoms in total. The fraction of sp³-hybridized carbons (Fsp3) is 1.00. The van der Waals surface area contributed by atoms with Crippen LogP contribution in [0.2, 0.25) is 0 Å². The number of rotatable bonds is 2. The van der Waals surface area contributed by atoms with Crippen LogP contribution < -0.4 is 0 Å². The molecule has 0 aromatic carbocycles. The van der Waals surface area contributed by atoms with Crippen LogP contribution in [-0.4, -0.2) is 24.0 Å². The Kier molecular flexibility index (Phi) is 1.69. The van der Waals surface area contributed by atoms with Gasteiger partial charge in [0.2, 0.25) is 0 Å². The van der Waals surface area contributed by atoms with Crippen molar-refractivity contribution in [1.82, 2.24) is 4.90 Å². The van der Waals surface area contributed by atoms with Crippen LogP contribution in [0.3, 0.4) is 0 Å². The van der Waals surface area contributed by atoms with Crippen molar-refractivity contribution >= 4 is 0 Å². The van der Waals surface area contributed by atoms with Gasteiger partial charge in [-0.2, -0.15) is 0 Å². The van der Waals surface area contributed by atoms with E-state index in [-0.39, 0.29) is 0 Å². The maximum absolute atomic E-state index is 2.69. The van der Waals surface area contributed by atoms with Crippen LogP contribution in [0.4, 0.5) is 0 Å². The third kappa shape index (κ3) is 1.20. The minimum atomic E-state index is 1.01. The van der Waals surface area contributed by atoms with Gasteiger partial charge in [0.15, 0.2) is 0 Å². The van der Waals surface area contributed by atoms with Crippen molar-refractivity contribution in [1.29, 1.82) is 0 Å². The van der Waals surface area contributed by atoms with E-state index in [0.717, 1.165) is 12.0 Å². The number of hydrogen-bond donors (Lipinski definition) is 0. The molecule has 0 radical (unpaired) electrons. The molecule has 2 fully saturated rings. The Balaban J connectivity index is 1.81. The van der Waals surface area contributed by atoms with Gasteiger partial charge in [-0.05, 0) is 31.7 Å². The van der Waals surface area contributed by atoms with E-state index < -0.39 is 0 Å². The van der Waals surface area contributed by atoms with E-state index in [4.69, 9.17) is 0 Å². The second-order valence-corrected chi connectivity index (χ2v) is 3.79. The van der Waals surface area contributed by atoms with Gasteiger partial charge in [-0.3, -0.25) is 0 Å². The fourth-order valence-electron chi connectivity index (χ4n) is 1.97. The molecule has 1 saturated carbocycles. The summed E-state index contributed by atoms with van der Waals surface area (Å²) < 4.78 is 0. The van der Waals surface area contributed by atoms with E-state index in [1.54, 1.807) is 0 Å². The topological polar surface area (TPSA) is 3.24 Å². The van der Waals surface area contributed by atoms with Crippen molar-refractivity contribution in [2.75, 3.05) is 13.1 Å². The largest absolute Gasteiger partial charge is 0.300 e. The molecule has 0 aromatic heterocycles. The molecule has 1 aliphatic heterocycles. The first-order chi connectivity index (χ1) is 4.90. The molecule has 1 heterocycles. The maximum atomic E-state index is 2.69. The molecule has 2 aliphatic rings. The second kappa shape index (κ2) is 2.54. The van der Waals surface area contributed by atoms with E-state index in [1.807, 2.05) is 0 Å². The predicted molar refractivity (Wildman–Crippen MR) is 43.0 cm³/mol. The zero-order valence-corrected chi connectivity index (χ0v) is 6.84. The van der Waals surface area contributed by atoms with Gasteiger partial charge in [-0.1, -0.05) is 13.3 Å². The Bertz CT molecular complexity index is 118. The second-order valence-electron chi connectivity index (χ2n) is 3.79. The summed E-state index contributed by atoms with van der Waals surface area (Å²) in [6.45, 7) is 5.12. The summed E-state index contributed by atoms with van der Waals surface area (Å²) in [4.78, 5) is 2.69. The lowest BCUT2D eigenvalue weighted by Gasteiger charge is -2.13. The van der Waals surface area contributed by atoms with Gasteiger partial charge in [0, 0.05) is 12.6 Å². The van der Waals surface area contributed by atoms with Crippen molar-refractivity contribution in [3.8, 4) is 0 Å². The molecule has 0 bridgehead atoms. The molecular formula is C9H17N. The predicted octanol–water partition coefficient (Wildman–Crippen LogP) is 1.88. The standard InChI is InChI=1S/C9H17N/c1-2-8-5-6-10(7-8)9-3-4-9/h8-9H,2-7H2,1H3. The molecule has 0 amide bonds. The van der Waals surface area contributed by atoms with E-state index in [2.05, 4.69) is 11.8 Å².